The Morgan fingerprint density at radius 2 is 1.75 bits per heavy atom. The van der Waals surface area contributed by atoms with Gasteiger partial charge in [-0.05, 0) is 116 Å². The van der Waals surface area contributed by atoms with Crippen molar-refractivity contribution in [2.24, 2.45) is 52.3 Å². The Bertz CT molecular complexity index is 689. The normalized spacial score (nSPS) is 44.6. The first-order valence-electron chi connectivity index (χ1n) is 14.6. The van der Waals surface area contributed by atoms with Gasteiger partial charge in [0.2, 0.25) is 0 Å². The second kappa shape index (κ2) is 9.05. The molecule has 0 aliphatic heterocycles. The molecule has 4 fully saturated rings. The first-order valence-corrected chi connectivity index (χ1v) is 14.6. The third-order valence-electron chi connectivity index (χ3n) is 11.5. The number of hydrogen-bond acceptors (Lipinski definition) is 1. The smallest absolute Gasteiger partial charge is 0.0612 e. The lowest BCUT2D eigenvalue weighted by atomic mass is 9.47. The number of allylic oxidation sites excluding steroid dienone is 1. The minimum Gasteiger partial charge on any atom is -0.378 e. The van der Waals surface area contributed by atoms with Crippen molar-refractivity contribution >= 4 is 0 Å². The van der Waals surface area contributed by atoms with Crippen molar-refractivity contribution < 1.29 is 4.74 Å². The van der Waals surface area contributed by atoms with E-state index in [1.165, 1.54) is 83.5 Å². The fraction of sp³-hybridized carbons (Fsp3) is 0.935. The van der Waals surface area contributed by atoms with Crippen LogP contribution in [0.1, 0.15) is 118 Å². The highest BCUT2D eigenvalue weighted by atomic mass is 16.5. The van der Waals surface area contributed by atoms with Crippen LogP contribution in [0, 0.1) is 52.3 Å². The molecule has 0 N–H and O–H groups in total. The lowest BCUT2D eigenvalue weighted by Crippen LogP contribution is -2.51. The van der Waals surface area contributed by atoms with Gasteiger partial charge in [0.05, 0.1) is 6.10 Å². The molecule has 0 saturated heterocycles. The third-order valence-corrected chi connectivity index (χ3v) is 11.5. The van der Waals surface area contributed by atoms with Gasteiger partial charge in [0.15, 0.2) is 0 Å². The van der Waals surface area contributed by atoms with E-state index in [9.17, 15) is 0 Å². The van der Waals surface area contributed by atoms with Crippen LogP contribution in [-0.2, 0) is 4.74 Å². The van der Waals surface area contributed by atoms with Crippen LogP contribution in [0.5, 0.6) is 0 Å². The van der Waals surface area contributed by atoms with Gasteiger partial charge < -0.3 is 4.74 Å². The molecule has 5 rings (SSSR count). The van der Waals surface area contributed by atoms with Crippen molar-refractivity contribution in [3.05, 3.63) is 11.6 Å². The number of ether oxygens (including phenoxy) is 1. The summed E-state index contributed by atoms with van der Waals surface area (Å²) in [5.41, 5.74) is 2.89. The predicted octanol–water partition coefficient (Wildman–Crippen LogP) is 8.82. The van der Waals surface area contributed by atoms with Crippen molar-refractivity contribution in [1.82, 2.24) is 0 Å². The molecule has 0 amide bonds. The van der Waals surface area contributed by atoms with Gasteiger partial charge >= 0.3 is 0 Å². The Hall–Kier alpha value is -0.300. The highest BCUT2D eigenvalue weighted by Gasteiger charge is 2.59. The van der Waals surface area contributed by atoms with Gasteiger partial charge in [-0.3, -0.25) is 0 Å². The number of fused-ring (bicyclic) bond motifs is 5. The monoisotopic (exact) mass is 440 g/mol. The van der Waals surface area contributed by atoms with Gasteiger partial charge in [-0.2, -0.15) is 0 Å². The summed E-state index contributed by atoms with van der Waals surface area (Å²) >= 11 is 0. The molecule has 8 atom stereocenters. The van der Waals surface area contributed by atoms with Gasteiger partial charge in [-0.1, -0.05) is 65.5 Å². The molecule has 32 heavy (non-hydrogen) atoms. The first kappa shape index (κ1) is 23.4. The Labute approximate surface area is 199 Å². The average Bonchev–Trinajstić information content (AvgIpc) is 3.51. The predicted molar refractivity (Wildman–Crippen MR) is 136 cm³/mol. The van der Waals surface area contributed by atoms with Crippen molar-refractivity contribution in [2.45, 2.75) is 124 Å². The lowest BCUT2D eigenvalue weighted by molar-refractivity contribution is -0.0646. The Morgan fingerprint density at radius 3 is 2.50 bits per heavy atom. The topological polar surface area (TPSA) is 9.23 Å². The van der Waals surface area contributed by atoms with Gasteiger partial charge in [-0.15, -0.1) is 0 Å². The summed E-state index contributed by atoms with van der Waals surface area (Å²) < 4.78 is 6.37. The van der Waals surface area contributed by atoms with E-state index in [1.54, 1.807) is 5.57 Å². The molecule has 0 radical (unpaired) electrons. The van der Waals surface area contributed by atoms with Crippen LogP contribution in [0.3, 0.4) is 0 Å². The van der Waals surface area contributed by atoms with E-state index >= 15 is 0 Å². The molecule has 0 unspecified atom stereocenters. The molecule has 0 spiro atoms. The minimum atomic E-state index is 0.477. The van der Waals surface area contributed by atoms with Gasteiger partial charge in [0, 0.05) is 6.61 Å². The molecule has 1 nitrogen and oxygen atoms in total. The molecule has 0 heterocycles. The summed E-state index contributed by atoms with van der Waals surface area (Å²) in [7, 11) is 0. The Kier molecular flexibility index (Phi) is 6.63. The summed E-state index contributed by atoms with van der Waals surface area (Å²) in [6.07, 6.45) is 21.7. The van der Waals surface area contributed by atoms with Crippen LogP contribution >= 0.6 is 0 Å². The SMILES string of the molecule is CC(C)CCC[C@@H](C)[C@H]1CC[C@H]2[C@@H]3CC=C4C[C@@H](OCC5CC5)CC[C@]4(C)[C@H]3CC[C@]12C. The largest absolute Gasteiger partial charge is 0.378 e. The summed E-state index contributed by atoms with van der Waals surface area (Å²) in [6, 6.07) is 0. The van der Waals surface area contributed by atoms with Crippen molar-refractivity contribution in [3.63, 3.8) is 0 Å². The Balaban J connectivity index is 1.25. The van der Waals surface area contributed by atoms with E-state index in [0.717, 1.165) is 48.0 Å². The lowest BCUT2D eigenvalue weighted by Gasteiger charge is -2.58. The number of rotatable bonds is 8. The van der Waals surface area contributed by atoms with Crippen LogP contribution in [0.2, 0.25) is 0 Å². The third kappa shape index (κ3) is 4.27. The fourth-order valence-electron chi connectivity index (χ4n) is 9.35. The quantitative estimate of drug-likeness (QED) is 0.342. The van der Waals surface area contributed by atoms with Gasteiger partial charge in [0.25, 0.3) is 0 Å². The van der Waals surface area contributed by atoms with E-state index in [-0.39, 0.29) is 0 Å². The molecule has 0 bridgehead atoms. The summed E-state index contributed by atoms with van der Waals surface area (Å²) in [5, 5.41) is 0. The summed E-state index contributed by atoms with van der Waals surface area (Å²) in [5.74, 6) is 6.54. The summed E-state index contributed by atoms with van der Waals surface area (Å²) in [6.45, 7) is 13.8. The van der Waals surface area contributed by atoms with E-state index in [2.05, 4.69) is 40.7 Å². The minimum absolute atomic E-state index is 0.477. The van der Waals surface area contributed by atoms with Crippen LogP contribution in [0.25, 0.3) is 0 Å². The highest BCUT2D eigenvalue weighted by molar-refractivity contribution is 5.25. The molecule has 0 aromatic rings. The van der Waals surface area contributed by atoms with E-state index in [0.29, 0.717) is 16.9 Å². The zero-order valence-electron chi connectivity index (χ0n) is 22.0. The molecule has 0 aromatic heterocycles. The zero-order valence-corrected chi connectivity index (χ0v) is 22.0. The van der Waals surface area contributed by atoms with Crippen LogP contribution < -0.4 is 0 Å². The standard InChI is InChI=1S/C31H52O/c1-21(2)7-6-8-22(3)27-13-14-28-26-12-11-24-19-25(32-20-23-9-10-23)15-17-30(24,4)29(26)16-18-31(27,28)5/h11,21-23,25-29H,6-10,12-20H2,1-5H3/t22-,25+,26+,27-,28+,29+,30+,31-/m1/s1. The average molecular weight is 441 g/mol. The second-order valence-corrected chi connectivity index (χ2v) is 13.9. The maximum Gasteiger partial charge on any atom is 0.0612 e. The van der Waals surface area contributed by atoms with Crippen molar-refractivity contribution in [3.8, 4) is 0 Å². The zero-order chi connectivity index (χ0) is 22.5. The fourth-order valence-corrected chi connectivity index (χ4v) is 9.35. The molecule has 182 valence electrons. The van der Waals surface area contributed by atoms with Gasteiger partial charge in [-0.25, -0.2) is 0 Å². The Morgan fingerprint density at radius 1 is 0.938 bits per heavy atom. The first-order chi connectivity index (χ1) is 15.3. The van der Waals surface area contributed by atoms with Crippen LogP contribution in [0.15, 0.2) is 11.6 Å². The molecule has 0 aromatic carbocycles. The number of hydrogen-bond donors (Lipinski definition) is 0. The van der Waals surface area contributed by atoms with E-state index < -0.39 is 0 Å². The molecule has 5 aliphatic rings. The highest BCUT2D eigenvalue weighted by Crippen LogP contribution is 2.67. The van der Waals surface area contributed by atoms with Crippen molar-refractivity contribution in [1.29, 1.82) is 0 Å². The van der Waals surface area contributed by atoms with E-state index in [4.69, 9.17) is 4.74 Å². The molecular formula is C31H52O. The molecule has 4 saturated carbocycles. The molecular weight excluding hydrogens is 388 g/mol. The summed E-state index contributed by atoms with van der Waals surface area (Å²) in [4.78, 5) is 0. The van der Waals surface area contributed by atoms with Crippen LogP contribution in [0.4, 0.5) is 0 Å². The van der Waals surface area contributed by atoms with Gasteiger partial charge in [0.1, 0.15) is 0 Å². The molecule has 5 aliphatic carbocycles. The second-order valence-electron chi connectivity index (χ2n) is 13.9. The molecule has 1 heteroatoms. The maximum absolute atomic E-state index is 6.37. The van der Waals surface area contributed by atoms with E-state index in [1.807, 2.05) is 0 Å². The maximum atomic E-state index is 6.37. The van der Waals surface area contributed by atoms with Crippen molar-refractivity contribution in [2.75, 3.05) is 6.61 Å². The van der Waals surface area contributed by atoms with Crippen LogP contribution in [-0.4, -0.2) is 12.7 Å².